The molecule has 0 spiro atoms. The highest BCUT2D eigenvalue weighted by Gasteiger charge is 2.02. The molecule has 0 rings (SSSR count). The topological polar surface area (TPSA) is 60.2 Å². The highest BCUT2D eigenvalue weighted by Crippen LogP contribution is 2.12. The largest absolute Gasteiger partial charge is 0.370 e. The van der Waals surface area contributed by atoms with Gasteiger partial charge < -0.3 is 5.73 Å². The minimum Gasteiger partial charge on any atom is -0.370 e. The molecular weight excluding hydrogens is 198 g/mol. The molecule has 0 heterocycles. The fourth-order valence-electron chi connectivity index (χ4n) is 0.866. The Morgan fingerprint density at radius 3 is 2.43 bits per heavy atom. The van der Waals surface area contributed by atoms with Gasteiger partial charge in [0.05, 0.1) is 0 Å². The van der Waals surface area contributed by atoms with Gasteiger partial charge in [0.2, 0.25) is 11.0 Å². The molecule has 0 radical (unpaired) electrons. The van der Waals surface area contributed by atoms with Gasteiger partial charge in [-0.05, 0) is 25.3 Å². The van der Waals surface area contributed by atoms with Crippen molar-refractivity contribution in [3.05, 3.63) is 12.2 Å². The summed E-state index contributed by atoms with van der Waals surface area (Å²) in [6.45, 7) is 5.27. The standard InChI is InChI=1S/C10H17NO2S/c1-8(2)10(13)14-7-5-3-4-6-9(11)12/h1,3-7H2,2H3,(H2,11,12). The van der Waals surface area contributed by atoms with Gasteiger partial charge in [0.1, 0.15) is 0 Å². The molecule has 3 nitrogen and oxygen atoms in total. The van der Waals surface area contributed by atoms with Gasteiger partial charge in [0, 0.05) is 12.2 Å². The van der Waals surface area contributed by atoms with Gasteiger partial charge in [-0.15, -0.1) is 0 Å². The summed E-state index contributed by atoms with van der Waals surface area (Å²) in [7, 11) is 0. The van der Waals surface area contributed by atoms with Crippen molar-refractivity contribution < 1.29 is 9.59 Å². The fraction of sp³-hybridized carbons (Fsp3) is 0.600. The average Bonchev–Trinajstić information content (AvgIpc) is 2.09. The van der Waals surface area contributed by atoms with E-state index in [1.54, 1.807) is 6.92 Å². The Bertz CT molecular complexity index is 226. The zero-order valence-corrected chi connectivity index (χ0v) is 9.36. The first-order valence-corrected chi connectivity index (χ1v) is 5.63. The van der Waals surface area contributed by atoms with Crippen LogP contribution in [0.3, 0.4) is 0 Å². The molecule has 14 heavy (non-hydrogen) atoms. The summed E-state index contributed by atoms with van der Waals surface area (Å²) in [4.78, 5) is 21.5. The third kappa shape index (κ3) is 7.86. The number of primary amides is 1. The second-order valence-corrected chi connectivity index (χ2v) is 4.26. The summed E-state index contributed by atoms with van der Waals surface area (Å²) >= 11 is 1.29. The molecule has 1 amide bonds. The van der Waals surface area contributed by atoms with Crippen LogP contribution in [0, 0.1) is 0 Å². The van der Waals surface area contributed by atoms with Gasteiger partial charge in [-0.1, -0.05) is 24.8 Å². The maximum Gasteiger partial charge on any atom is 0.217 e. The van der Waals surface area contributed by atoms with E-state index in [2.05, 4.69) is 6.58 Å². The predicted molar refractivity (Wildman–Crippen MR) is 59.9 cm³/mol. The minimum atomic E-state index is -0.254. The van der Waals surface area contributed by atoms with Crippen molar-refractivity contribution in [1.29, 1.82) is 0 Å². The lowest BCUT2D eigenvalue weighted by Crippen LogP contribution is -2.09. The number of hydrogen-bond acceptors (Lipinski definition) is 3. The predicted octanol–water partition coefficient (Wildman–Crippen LogP) is 1.87. The molecule has 0 aromatic carbocycles. The van der Waals surface area contributed by atoms with Crippen molar-refractivity contribution in [3.8, 4) is 0 Å². The van der Waals surface area contributed by atoms with Gasteiger partial charge in [-0.2, -0.15) is 0 Å². The van der Waals surface area contributed by atoms with Gasteiger partial charge in [0.25, 0.3) is 0 Å². The summed E-state index contributed by atoms with van der Waals surface area (Å²) in [6.07, 6.45) is 3.15. The molecular formula is C10H17NO2S. The van der Waals surface area contributed by atoms with E-state index in [0.717, 1.165) is 25.0 Å². The van der Waals surface area contributed by atoms with Crippen molar-refractivity contribution in [1.82, 2.24) is 0 Å². The first-order chi connectivity index (χ1) is 6.54. The molecule has 0 bridgehead atoms. The van der Waals surface area contributed by atoms with E-state index in [0.29, 0.717) is 12.0 Å². The summed E-state index contributed by atoms with van der Waals surface area (Å²) in [5, 5.41) is 0.0555. The van der Waals surface area contributed by atoms with Crippen LogP contribution in [0.2, 0.25) is 0 Å². The first kappa shape index (κ1) is 13.2. The minimum absolute atomic E-state index is 0.0555. The molecule has 0 atom stereocenters. The summed E-state index contributed by atoms with van der Waals surface area (Å²) in [5.74, 6) is 0.542. The number of nitrogens with two attached hydrogens (primary N) is 1. The Hall–Kier alpha value is -0.770. The lowest BCUT2D eigenvalue weighted by molar-refractivity contribution is -0.118. The molecule has 2 N–H and O–H groups in total. The van der Waals surface area contributed by atoms with Gasteiger partial charge in [-0.3, -0.25) is 9.59 Å². The van der Waals surface area contributed by atoms with Crippen LogP contribution in [0.1, 0.15) is 32.6 Å². The Balaban J connectivity index is 3.26. The van der Waals surface area contributed by atoms with Gasteiger partial charge in [0.15, 0.2) is 0 Å². The third-order valence-electron chi connectivity index (χ3n) is 1.65. The zero-order valence-electron chi connectivity index (χ0n) is 8.54. The maximum absolute atomic E-state index is 11.1. The second-order valence-electron chi connectivity index (χ2n) is 3.19. The molecule has 0 saturated heterocycles. The SMILES string of the molecule is C=C(C)C(=O)SCCCCCC(N)=O. The molecule has 0 aromatic heterocycles. The van der Waals surface area contributed by atoms with Crippen molar-refractivity contribution in [2.75, 3.05) is 5.75 Å². The van der Waals surface area contributed by atoms with Crippen LogP contribution in [0.5, 0.6) is 0 Å². The van der Waals surface area contributed by atoms with E-state index in [-0.39, 0.29) is 11.0 Å². The Kier molecular flexibility index (Phi) is 7.20. The second kappa shape index (κ2) is 7.62. The zero-order chi connectivity index (χ0) is 11.0. The quantitative estimate of drug-likeness (QED) is 0.521. The van der Waals surface area contributed by atoms with Crippen LogP contribution >= 0.6 is 11.8 Å². The van der Waals surface area contributed by atoms with Crippen molar-refractivity contribution in [2.45, 2.75) is 32.6 Å². The molecule has 0 saturated carbocycles. The molecule has 0 aliphatic carbocycles. The van der Waals surface area contributed by atoms with E-state index >= 15 is 0 Å². The molecule has 80 valence electrons. The number of carbonyl (C=O) groups excluding carboxylic acids is 2. The van der Waals surface area contributed by atoms with E-state index in [1.165, 1.54) is 11.8 Å². The highest BCUT2D eigenvalue weighted by atomic mass is 32.2. The van der Waals surface area contributed by atoms with E-state index < -0.39 is 0 Å². The molecule has 0 fully saturated rings. The maximum atomic E-state index is 11.1. The molecule has 0 aromatic rings. The van der Waals surface area contributed by atoms with Crippen LogP contribution in [0.4, 0.5) is 0 Å². The van der Waals surface area contributed by atoms with Crippen LogP contribution in [0.25, 0.3) is 0 Å². The van der Waals surface area contributed by atoms with Crippen LogP contribution in [-0.2, 0) is 9.59 Å². The summed E-state index contributed by atoms with van der Waals surface area (Å²) in [5.41, 5.74) is 5.58. The lowest BCUT2D eigenvalue weighted by atomic mass is 10.2. The van der Waals surface area contributed by atoms with Crippen LogP contribution < -0.4 is 5.73 Å². The lowest BCUT2D eigenvalue weighted by Gasteiger charge is -1.99. The Morgan fingerprint density at radius 2 is 1.93 bits per heavy atom. The summed E-state index contributed by atoms with van der Waals surface area (Å²) < 4.78 is 0. The number of rotatable bonds is 7. The smallest absolute Gasteiger partial charge is 0.217 e. The van der Waals surface area contributed by atoms with Crippen LogP contribution in [0.15, 0.2) is 12.2 Å². The Morgan fingerprint density at radius 1 is 1.29 bits per heavy atom. The molecule has 0 unspecified atom stereocenters. The van der Waals surface area contributed by atoms with Crippen molar-refractivity contribution in [3.63, 3.8) is 0 Å². The number of carbonyl (C=O) groups is 2. The monoisotopic (exact) mass is 215 g/mol. The first-order valence-electron chi connectivity index (χ1n) is 4.65. The molecule has 0 aliphatic heterocycles. The number of hydrogen-bond donors (Lipinski definition) is 1. The molecule has 4 heteroatoms. The molecule has 0 aliphatic rings. The van der Waals surface area contributed by atoms with Crippen molar-refractivity contribution >= 4 is 22.8 Å². The van der Waals surface area contributed by atoms with Gasteiger partial charge >= 0.3 is 0 Å². The summed E-state index contributed by atoms with van der Waals surface area (Å²) in [6, 6.07) is 0. The Labute approximate surface area is 89.1 Å². The fourth-order valence-corrected chi connectivity index (χ4v) is 1.65. The normalized spacial score (nSPS) is 9.79. The van der Waals surface area contributed by atoms with E-state index in [9.17, 15) is 9.59 Å². The highest BCUT2D eigenvalue weighted by molar-refractivity contribution is 8.14. The number of unbranched alkanes of at least 4 members (excludes halogenated alkanes) is 2. The van der Waals surface area contributed by atoms with E-state index in [4.69, 9.17) is 5.73 Å². The van der Waals surface area contributed by atoms with Crippen molar-refractivity contribution in [2.24, 2.45) is 5.73 Å². The number of amides is 1. The third-order valence-corrected chi connectivity index (χ3v) is 2.75. The average molecular weight is 215 g/mol. The number of thioether (sulfide) groups is 1. The van der Waals surface area contributed by atoms with Gasteiger partial charge in [-0.25, -0.2) is 0 Å². The van der Waals surface area contributed by atoms with Crippen LogP contribution in [-0.4, -0.2) is 16.8 Å². The van der Waals surface area contributed by atoms with E-state index in [1.807, 2.05) is 0 Å².